The van der Waals surface area contributed by atoms with E-state index in [4.69, 9.17) is 0 Å². The lowest BCUT2D eigenvalue weighted by molar-refractivity contribution is 0.458. The molecule has 5 nitrogen and oxygen atoms in total. The predicted octanol–water partition coefficient (Wildman–Crippen LogP) is 3.93. The third-order valence-corrected chi connectivity index (χ3v) is 5.51. The van der Waals surface area contributed by atoms with Gasteiger partial charge >= 0.3 is 0 Å². The predicted molar refractivity (Wildman–Crippen MR) is 96.7 cm³/mol. The van der Waals surface area contributed by atoms with Gasteiger partial charge in [-0.1, -0.05) is 24.3 Å². The summed E-state index contributed by atoms with van der Waals surface area (Å²) in [6, 6.07) is 18.8. The number of rotatable bonds is 4. The van der Waals surface area contributed by atoms with Gasteiger partial charge in [-0.15, -0.1) is 0 Å². The van der Waals surface area contributed by atoms with Crippen molar-refractivity contribution in [2.45, 2.75) is 11.8 Å². The van der Waals surface area contributed by atoms with Crippen LogP contribution < -0.4 is 4.31 Å². The lowest BCUT2D eigenvalue weighted by atomic mass is 10.2. The molecular weight excluding hydrogens is 338 g/mol. The minimum absolute atomic E-state index is 0.0346. The van der Waals surface area contributed by atoms with Gasteiger partial charge in [-0.3, -0.25) is 0 Å². The van der Waals surface area contributed by atoms with Gasteiger partial charge < -0.3 is 10.2 Å². The Hall–Kier alpha value is -2.99. The molecule has 0 saturated heterocycles. The largest absolute Gasteiger partial charge is 0.508 e. The third kappa shape index (κ3) is 3.29. The molecule has 3 aromatic carbocycles. The van der Waals surface area contributed by atoms with Crippen LogP contribution in [0.5, 0.6) is 11.5 Å². The van der Waals surface area contributed by atoms with E-state index in [1.54, 1.807) is 43.3 Å². The molecule has 128 valence electrons. The second-order valence-corrected chi connectivity index (χ2v) is 7.35. The number of aryl methyl sites for hydroxylation is 1. The van der Waals surface area contributed by atoms with Crippen LogP contribution in [0.2, 0.25) is 0 Å². The summed E-state index contributed by atoms with van der Waals surface area (Å²) in [4.78, 5) is -0.185. The molecule has 0 aliphatic heterocycles. The maximum atomic E-state index is 13.3. The maximum Gasteiger partial charge on any atom is 0.272 e. The first kappa shape index (κ1) is 16.9. The summed E-state index contributed by atoms with van der Waals surface area (Å²) in [5.41, 5.74) is 1.53. The number of benzene rings is 3. The van der Waals surface area contributed by atoms with Crippen molar-refractivity contribution in [2.24, 2.45) is 0 Å². The van der Waals surface area contributed by atoms with Crippen molar-refractivity contribution in [3.63, 3.8) is 0 Å². The highest BCUT2D eigenvalue weighted by atomic mass is 32.2. The minimum Gasteiger partial charge on any atom is -0.508 e. The van der Waals surface area contributed by atoms with Gasteiger partial charge in [0.1, 0.15) is 16.4 Å². The smallest absolute Gasteiger partial charge is 0.272 e. The van der Waals surface area contributed by atoms with E-state index in [9.17, 15) is 18.6 Å². The molecule has 0 saturated carbocycles. The molecule has 0 fully saturated rings. The van der Waals surface area contributed by atoms with Gasteiger partial charge in [0.25, 0.3) is 10.0 Å². The van der Waals surface area contributed by atoms with Crippen LogP contribution in [-0.4, -0.2) is 18.6 Å². The number of phenolic OH excluding ortho intramolecular Hbond substituents is 2. The molecule has 0 aliphatic rings. The second kappa shape index (κ2) is 6.49. The molecule has 0 amide bonds. The third-order valence-electron chi connectivity index (χ3n) is 3.71. The quantitative estimate of drug-likeness (QED) is 0.743. The van der Waals surface area contributed by atoms with Crippen LogP contribution in [0.25, 0.3) is 0 Å². The summed E-state index contributed by atoms with van der Waals surface area (Å²) in [5.74, 6) is -0.271. The highest BCUT2D eigenvalue weighted by Gasteiger charge is 2.29. The molecule has 3 rings (SSSR count). The van der Waals surface area contributed by atoms with E-state index < -0.39 is 10.0 Å². The molecule has 0 bridgehead atoms. The molecule has 0 unspecified atom stereocenters. The van der Waals surface area contributed by atoms with Crippen molar-refractivity contribution in [1.82, 2.24) is 0 Å². The Labute approximate surface area is 146 Å². The van der Waals surface area contributed by atoms with Crippen LogP contribution in [0.4, 0.5) is 11.4 Å². The van der Waals surface area contributed by atoms with Crippen LogP contribution in [0.3, 0.4) is 0 Å². The Balaban J connectivity index is 2.22. The van der Waals surface area contributed by atoms with Crippen LogP contribution in [0.1, 0.15) is 5.56 Å². The SMILES string of the molecule is Cc1ccc(S(=O)(=O)N(c2ccccc2)c2ccc(O)cc2)c(O)c1. The number of phenols is 2. The number of anilines is 2. The summed E-state index contributed by atoms with van der Waals surface area (Å²) >= 11 is 0. The Kier molecular flexibility index (Phi) is 4.37. The van der Waals surface area contributed by atoms with E-state index >= 15 is 0 Å². The fourth-order valence-corrected chi connectivity index (χ4v) is 4.08. The zero-order valence-electron chi connectivity index (χ0n) is 13.5. The molecule has 0 radical (unpaired) electrons. The van der Waals surface area contributed by atoms with Crippen LogP contribution in [-0.2, 0) is 10.0 Å². The van der Waals surface area contributed by atoms with Gasteiger partial charge in [0.2, 0.25) is 0 Å². The van der Waals surface area contributed by atoms with Crippen LogP contribution >= 0.6 is 0 Å². The molecule has 6 heteroatoms. The Morgan fingerprint density at radius 3 is 2.00 bits per heavy atom. The average Bonchev–Trinajstić information content (AvgIpc) is 2.57. The number of para-hydroxylation sites is 1. The van der Waals surface area contributed by atoms with Crippen molar-refractivity contribution >= 4 is 21.4 Å². The van der Waals surface area contributed by atoms with Crippen molar-refractivity contribution in [3.05, 3.63) is 78.4 Å². The van der Waals surface area contributed by atoms with Gasteiger partial charge in [-0.05, 0) is 61.0 Å². The molecule has 0 aliphatic carbocycles. The van der Waals surface area contributed by atoms with E-state index in [2.05, 4.69) is 0 Å². The lowest BCUT2D eigenvalue weighted by Gasteiger charge is -2.25. The molecule has 3 aromatic rings. The van der Waals surface area contributed by atoms with Crippen LogP contribution in [0.15, 0.2) is 77.7 Å². The Bertz CT molecular complexity index is 984. The van der Waals surface area contributed by atoms with Gasteiger partial charge in [0, 0.05) is 0 Å². The highest BCUT2D eigenvalue weighted by molar-refractivity contribution is 7.93. The summed E-state index contributed by atoms with van der Waals surface area (Å²) in [6.07, 6.45) is 0. The zero-order chi connectivity index (χ0) is 18.0. The standard InChI is InChI=1S/C19H17NO4S/c1-14-7-12-19(18(22)13-14)25(23,24)20(15-5-3-2-4-6-15)16-8-10-17(21)11-9-16/h2-13,21-22H,1H3. The highest BCUT2D eigenvalue weighted by Crippen LogP contribution is 2.36. The number of sulfonamides is 1. The Morgan fingerprint density at radius 1 is 0.800 bits per heavy atom. The summed E-state index contributed by atoms with van der Waals surface area (Å²) < 4.78 is 27.6. The first-order valence-electron chi connectivity index (χ1n) is 7.58. The van der Waals surface area contributed by atoms with E-state index in [-0.39, 0.29) is 16.4 Å². The molecule has 0 spiro atoms. The first-order valence-corrected chi connectivity index (χ1v) is 9.02. The first-order chi connectivity index (χ1) is 11.9. The molecule has 25 heavy (non-hydrogen) atoms. The van der Waals surface area contributed by atoms with Crippen molar-refractivity contribution < 1.29 is 18.6 Å². The van der Waals surface area contributed by atoms with E-state index in [1.165, 1.54) is 36.4 Å². The van der Waals surface area contributed by atoms with Crippen LogP contribution in [0, 0.1) is 6.92 Å². The van der Waals surface area contributed by atoms with E-state index in [0.29, 0.717) is 11.4 Å². The van der Waals surface area contributed by atoms with E-state index in [0.717, 1.165) is 9.87 Å². The van der Waals surface area contributed by atoms with Gasteiger partial charge in [0.05, 0.1) is 11.4 Å². The normalized spacial score (nSPS) is 11.2. The molecular formula is C19H17NO4S. The topological polar surface area (TPSA) is 77.8 Å². The van der Waals surface area contributed by atoms with Crippen molar-refractivity contribution in [3.8, 4) is 11.5 Å². The number of hydrogen-bond donors (Lipinski definition) is 2. The monoisotopic (exact) mass is 355 g/mol. The van der Waals surface area contributed by atoms with Gasteiger partial charge in [0.15, 0.2) is 0 Å². The van der Waals surface area contributed by atoms with Gasteiger partial charge in [-0.2, -0.15) is 0 Å². The molecule has 0 atom stereocenters. The number of aromatic hydroxyl groups is 2. The molecule has 0 aromatic heterocycles. The summed E-state index contributed by atoms with van der Waals surface area (Å²) in [7, 11) is -4.07. The lowest BCUT2D eigenvalue weighted by Crippen LogP contribution is -2.26. The zero-order valence-corrected chi connectivity index (χ0v) is 14.3. The number of nitrogens with zero attached hydrogens (tertiary/aromatic N) is 1. The second-order valence-electron chi connectivity index (χ2n) is 5.59. The fourth-order valence-electron chi connectivity index (χ4n) is 2.52. The number of hydrogen-bond acceptors (Lipinski definition) is 4. The van der Waals surface area contributed by atoms with Crippen molar-refractivity contribution in [2.75, 3.05) is 4.31 Å². The van der Waals surface area contributed by atoms with Gasteiger partial charge in [-0.25, -0.2) is 12.7 Å². The summed E-state index contributed by atoms with van der Waals surface area (Å²) in [6.45, 7) is 1.77. The van der Waals surface area contributed by atoms with Crippen molar-refractivity contribution in [1.29, 1.82) is 0 Å². The average molecular weight is 355 g/mol. The maximum absolute atomic E-state index is 13.3. The Morgan fingerprint density at radius 2 is 1.40 bits per heavy atom. The molecule has 2 N–H and O–H groups in total. The summed E-state index contributed by atoms with van der Waals surface area (Å²) in [5, 5.41) is 19.7. The van der Waals surface area contributed by atoms with E-state index in [1.807, 2.05) is 0 Å². The molecule has 0 heterocycles. The minimum atomic E-state index is -4.07. The fraction of sp³-hybridized carbons (Fsp3) is 0.0526.